The van der Waals surface area contributed by atoms with E-state index >= 15 is 0 Å². The van der Waals surface area contributed by atoms with Gasteiger partial charge in [0.2, 0.25) is 0 Å². The molecule has 112 valence electrons. The summed E-state index contributed by atoms with van der Waals surface area (Å²) in [6.07, 6.45) is 9.79. The lowest BCUT2D eigenvalue weighted by Crippen LogP contribution is -2.65. The summed E-state index contributed by atoms with van der Waals surface area (Å²) in [5.74, 6) is 0.968. The van der Waals surface area contributed by atoms with E-state index in [0.29, 0.717) is 16.2 Å². The van der Waals surface area contributed by atoms with Crippen molar-refractivity contribution in [3.8, 4) is 0 Å². The number of rotatable bonds is 0. The second-order valence-corrected chi connectivity index (χ2v) is 9.08. The SMILES string of the molecule is CC12CC3(C)CC(C)(C1)CC(N)(C2)C3.Cc1ccco1. The van der Waals surface area contributed by atoms with Gasteiger partial charge in [0.1, 0.15) is 5.76 Å². The van der Waals surface area contributed by atoms with Crippen LogP contribution in [0.4, 0.5) is 0 Å². The summed E-state index contributed by atoms with van der Waals surface area (Å²) >= 11 is 0. The second-order valence-electron chi connectivity index (χ2n) is 9.08. The lowest BCUT2D eigenvalue weighted by Gasteiger charge is -2.68. The second kappa shape index (κ2) is 4.13. The van der Waals surface area contributed by atoms with E-state index in [2.05, 4.69) is 20.8 Å². The van der Waals surface area contributed by atoms with Crippen molar-refractivity contribution in [2.45, 2.75) is 71.8 Å². The van der Waals surface area contributed by atoms with Crippen molar-refractivity contribution in [3.05, 3.63) is 24.2 Å². The van der Waals surface area contributed by atoms with Gasteiger partial charge in [0.15, 0.2) is 0 Å². The van der Waals surface area contributed by atoms with Gasteiger partial charge in [0.25, 0.3) is 0 Å². The average molecular weight is 275 g/mol. The van der Waals surface area contributed by atoms with Crippen molar-refractivity contribution < 1.29 is 4.42 Å². The molecule has 4 fully saturated rings. The summed E-state index contributed by atoms with van der Waals surface area (Å²) in [7, 11) is 0. The third-order valence-corrected chi connectivity index (χ3v) is 5.56. The number of furan rings is 1. The maximum atomic E-state index is 6.58. The molecule has 0 unspecified atom stereocenters. The summed E-state index contributed by atoms with van der Waals surface area (Å²) in [6, 6.07) is 3.79. The van der Waals surface area contributed by atoms with Crippen LogP contribution in [0.2, 0.25) is 0 Å². The van der Waals surface area contributed by atoms with Gasteiger partial charge in [0.05, 0.1) is 6.26 Å². The van der Waals surface area contributed by atoms with E-state index < -0.39 is 0 Å². The molecule has 2 heteroatoms. The van der Waals surface area contributed by atoms with Gasteiger partial charge < -0.3 is 10.2 Å². The number of nitrogens with two attached hydrogens (primary N) is 1. The molecular weight excluding hydrogens is 246 g/mol. The van der Waals surface area contributed by atoms with Gasteiger partial charge in [0, 0.05) is 5.54 Å². The van der Waals surface area contributed by atoms with E-state index in [0.717, 1.165) is 5.76 Å². The Bertz CT molecular complexity index is 394. The van der Waals surface area contributed by atoms with Crippen molar-refractivity contribution in [2.24, 2.45) is 22.0 Å². The number of aryl methyl sites for hydroxylation is 1. The molecule has 0 aliphatic heterocycles. The van der Waals surface area contributed by atoms with Crippen molar-refractivity contribution in [1.82, 2.24) is 0 Å². The van der Waals surface area contributed by atoms with Crippen LogP contribution < -0.4 is 5.73 Å². The van der Waals surface area contributed by atoms with E-state index in [1.165, 1.54) is 38.5 Å². The molecular formula is C18H29NO. The first kappa shape index (κ1) is 14.2. The summed E-state index contributed by atoms with van der Waals surface area (Å²) in [5, 5.41) is 0. The van der Waals surface area contributed by atoms with Crippen molar-refractivity contribution in [3.63, 3.8) is 0 Å². The van der Waals surface area contributed by atoms with Crippen LogP contribution in [0.25, 0.3) is 0 Å². The smallest absolute Gasteiger partial charge is 0.100 e. The van der Waals surface area contributed by atoms with Crippen molar-refractivity contribution >= 4 is 0 Å². The zero-order chi connectivity index (χ0) is 14.6. The minimum absolute atomic E-state index is 0.188. The van der Waals surface area contributed by atoms with Crippen LogP contribution in [-0.2, 0) is 0 Å². The Labute approximate surface area is 123 Å². The minimum atomic E-state index is 0.188. The van der Waals surface area contributed by atoms with Gasteiger partial charge >= 0.3 is 0 Å². The Morgan fingerprint density at radius 1 is 0.900 bits per heavy atom. The molecule has 0 amide bonds. The third-order valence-electron chi connectivity index (χ3n) is 5.56. The zero-order valence-corrected chi connectivity index (χ0v) is 13.5. The molecule has 4 aliphatic carbocycles. The molecule has 4 saturated carbocycles. The molecule has 1 aromatic heterocycles. The summed E-state index contributed by atoms with van der Waals surface area (Å²) in [5.41, 5.74) is 8.45. The molecule has 20 heavy (non-hydrogen) atoms. The largest absolute Gasteiger partial charge is 0.470 e. The van der Waals surface area contributed by atoms with E-state index in [9.17, 15) is 0 Å². The average Bonchev–Trinajstić information content (AvgIpc) is 2.59. The molecule has 5 rings (SSSR count). The van der Waals surface area contributed by atoms with Gasteiger partial charge in [-0.25, -0.2) is 0 Å². The highest BCUT2D eigenvalue weighted by atomic mass is 16.3. The molecule has 0 spiro atoms. The molecule has 0 radical (unpaired) electrons. The fourth-order valence-electron chi connectivity index (χ4n) is 6.75. The molecule has 4 bridgehead atoms. The first-order valence-electron chi connectivity index (χ1n) is 7.93. The van der Waals surface area contributed by atoms with E-state index in [-0.39, 0.29) is 5.54 Å². The third kappa shape index (κ3) is 2.55. The highest BCUT2D eigenvalue weighted by Gasteiger charge is 2.62. The molecule has 0 aromatic carbocycles. The van der Waals surface area contributed by atoms with Crippen molar-refractivity contribution in [2.75, 3.05) is 0 Å². The first-order chi connectivity index (χ1) is 9.14. The Morgan fingerprint density at radius 2 is 1.35 bits per heavy atom. The summed E-state index contributed by atoms with van der Waals surface area (Å²) in [6.45, 7) is 9.34. The minimum Gasteiger partial charge on any atom is -0.470 e. The topological polar surface area (TPSA) is 39.2 Å². The first-order valence-corrected chi connectivity index (χ1v) is 7.93. The number of hydrogen-bond acceptors (Lipinski definition) is 2. The van der Waals surface area contributed by atoms with Crippen LogP contribution in [0.15, 0.2) is 22.8 Å². The molecule has 2 N–H and O–H groups in total. The van der Waals surface area contributed by atoms with Crippen LogP contribution in [0.1, 0.15) is 65.1 Å². The standard InChI is InChI=1S/C13H23N.C5H6O/c1-10-4-11(2)6-12(3,5-10)9-13(14,7-10)8-11;1-5-3-2-4-6-5/h4-9,14H2,1-3H3;2-4H,1H3. The number of hydrogen-bond donors (Lipinski definition) is 1. The van der Waals surface area contributed by atoms with Crippen LogP contribution in [-0.4, -0.2) is 5.54 Å². The van der Waals surface area contributed by atoms with Gasteiger partial charge in [-0.3, -0.25) is 0 Å². The summed E-state index contributed by atoms with van der Waals surface area (Å²) in [4.78, 5) is 0. The van der Waals surface area contributed by atoms with Crippen molar-refractivity contribution in [1.29, 1.82) is 0 Å². The zero-order valence-electron chi connectivity index (χ0n) is 13.5. The van der Waals surface area contributed by atoms with Gasteiger partial charge in [-0.05, 0) is 73.8 Å². The Balaban J connectivity index is 0.000000170. The van der Waals surface area contributed by atoms with Crippen LogP contribution in [0.3, 0.4) is 0 Å². The predicted molar refractivity (Wildman–Crippen MR) is 82.4 cm³/mol. The lowest BCUT2D eigenvalue weighted by atomic mass is 9.39. The lowest BCUT2D eigenvalue weighted by molar-refractivity contribution is -0.147. The Kier molecular flexibility index (Phi) is 2.93. The van der Waals surface area contributed by atoms with Crippen LogP contribution in [0.5, 0.6) is 0 Å². The summed E-state index contributed by atoms with van der Waals surface area (Å²) < 4.78 is 4.83. The quantitative estimate of drug-likeness (QED) is 0.747. The van der Waals surface area contributed by atoms with Gasteiger partial charge in [-0.1, -0.05) is 20.8 Å². The molecule has 2 nitrogen and oxygen atoms in total. The molecule has 1 heterocycles. The highest BCUT2D eigenvalue weighted by molar-refractivity contribution is 5.16. The van der Waals surface area contributed by atoms with Crippen LogP contribution in [0, 0.1) is 23.2 Å². The maximum absolute atomic E-state index is 6.58. The monoisotopic (exact) mass is 275 g/mol. The highest BCUT2D eigenvalue weighted by Crippen LogP contribution is 2.69. The fraction of sp³-hybridized carbons (Fsp3) is 0.778. The van der Waals surface area contributed by atoms with E-state index in [1.54, 1.807) is 6.26 Å². The van der Waals surface area contributed by atoms with E-state index in [4.69, 9.17) is 10.2 Å². The van der Waals surface area contributed by atoms with Gasteiger partial charge in [-0.2, -0.15) is 0 Å². The van der Waals surface area contributed by atoms with Gasteiger partial charge in [-0.15, -0.1) is 0 Å². The fourth-order valence-corrected chi connectivity index (χ4v) is 6.75. The van der Waals surface area contributed by atoms with Crippen LogP contribution >= 0.6 is 0 Å². The Morgan fingerprint density at radius 3 is 1.55 bits per heavy atom. The Hall–Kier alpha value is -0.760. The molecule has 1 aromatic rings. The molecule has 4 aliphatic rings. The molecule has 0 atom stereocenters. The van der Waals surface area contributed by atoms with E-state index in [1.807, 2.05) is 19.1 Å². The maximum Gasteiger partial charge on any atom is 0.100 e. The predicted octanol–water partition coefficient (Wildman–Crippen LogP) is 4.67. The normalized spacial score (nSPS) is 48.9. The molecule has 0 saturated heterocycles.